The van der Waals surface area contributed by atoms with Crippen LogP contribution in [0.4, 0.5) is 5.00 Å². The number of nitrogens with one attached hydrogen (secondary N) is 1. The first-order chi connectivity index (χ1) is 9.13. The van der Waals surface area contributed by atoms with E-state index in [4.69, 9.17) is 0 Å². The topological polar surface area (TPSA) is 62.3 Å². The van der Waals surface area contributed by atoms with E-state index in [1.54, 1.807) is 11.1 Å². The van der Waals surface area contributed by atoms with Gasteiger partial charge in [0.1, 0.15) is 5.00 Å². The van der Waals surface area contributed by atoms with Gasteiger partial charge in [-0.25, -0.2) is 4.98 Å². The maximum Gasteiger partial charge on any atom is 0.314 e. The van der Waals surface area contributed by atoms with Crippen molar-refractivity contribution in [3.05, 3.63) is 11.2 Å². The van der Waals surface area contributed by atoms with Gasteiger partial charge in [0.05, 0.1) is 11.2 Å². The molecule has 2 saturated carbocycles. The lowest BCUT2D eigenvalue weighted by atomic mass is 10.1. The Kier molecular flexibility index (Phi) is 2.27. The summed E-state index contributed by atoms with van der Waals surface area (Å²) in [6.45, 7) is 2.65. The third-order valence-corrected chi connectivity index (χ3v) is 5.51. The highest BCUT2D eigenvalue weighted by Gasteiger charge is 2.61. The lowest BCUT2D eigenvalue weighted by Crippen LogP contribution is -2.44. The first-order valence-corrected chi connectivity index (χ1v) is 7.49. The molecule has 4 rings (SSSR count). The Balaban J connectivity index is 1.44. The van der Waals surface area contributed by atoms with Crippen molar-refractivity contribution in [2.75, 3.05) is 11.9 Å². The second-order valence-electron chi connectivity index (χ2n) is 5.78. The molecule has 1 saturated heterocycles. The average Bonchev–Trinajstić information content (AvgIpc) is 2.76. The number of aryl methyl sites for hydroxylation is 1. The van der Waals surface area contributed by atoms with E-state index in [9.17, 15) is 9.59 Å². The molecule has 0 aromatic carbocycles. The van der Waals surface area contributed by atoms with E-state index in [0.717, 1.165) is 23.9 Å². The van der Waals surface area contributed by atoms with Gasteiger partial charge in [-0.3, -0.25) is 9.59 Å². The first-order valence-electron chi connectivity index (χ1n) is 6.68. The summed E-state index contributed by atoms with van der Waals surface area (Å²) in [6.07, 6.45) is 3.96. The predicted octanol–water partition coefficient (Wildman–Crippen LogP) is 1.26. The number of amides is 2. The van der Waals surface area contributed by atoms with Crippen LogP contribution < -0.4 is 5.32 Å². The highest BCUT2D eigenvalue weighted by Crippen LogP contribution is 2.61. The number of carbonyl (C=O) groups excluding carboxylic acids is 2. The van der Waals surface area contributed by atoms with Crippen LogP contribution in [0.25, 0.3) is 0 Å². The fourth-order valence-electron chi connectivity index (χ4n) is 3.78. The van der Waals surface area contributed by atoms with Crippen molar-refractivity contribution < 1.29 is 9.59 Å². The molecule has 2 amide bonds. The number of rotatable bonds is 1. The van der Waals surface area contributed by atoms with Crippen LogP contribution in [0.3, 0.4) is 0 Å². The third kappa shape index (κ3) is 1.69. The monoisotopic (exact) mass is 277 g/mol. The number of carbonyl (C=O) groups is 2. The molecule has 100 valence electrons. The normalized spacial score (nSPS) is 34.3. The van der Waals surface area contributed by atoms with Gasteiger partial charge in [0, 0.05) is 12.6 Å². The molecule has 2 heterocycles. The molecule has 19 heavy (non-hydrogen) atoms. The van der Waals surface area contributed by atoms with Crippen molar-refractivity contribution in [3.8, 4) is 0 Å². The summed E-state index contributed by atoms with van der Waals surface area (Å²) >= 11 is 1.39. The van der Waals surface area contributed by atoms with Gasteiger partial charge in [0.2, 0.25) is 0 Å². The van der Waals surface area contributed by atoms with E-state index in [2.05, 4.69) is 10.3 Å². The molecule has 5 nitrogen and oxygen atoms in total. The van der Waals surface area contributed by atoms with Crippen molar-refractivity contribution >= 4 is 28.2 Å². The van der Waals surface area contributed by atoms with Gasteiger partial charge in [0.15, 0.2) is 0 Å². The second-order valence-corrected chi connectivity index (χ2v) is 7.02. The largest absolute Gasteiger partial charge is 0.331 e. The molecular weight excluding hydrogens is 262 g/mol. The van der Waals surface area contributed by atoms with Gasteiger partial charge in [-0.2, -0.15) is 0 Å². The number of hydrogen-bond donors (Lipinski definition) is 1. The van der Waals surface area contributed by atoms with Crippen LogP contribution in [-0.4, -0.2) is 34.3 Å². The summed E-state index contributed by atoms with van der Waals surface area (Å²) in [4.78, 5) is 30.0. The van der Waals surface area contributed by atoms with E-state index in [1.807, 2.05) is 6.92 Å². The number of hydrogen-bond acceptors (Lipinski definition) is 4. The van der Waals surface area contributed by atoms with Crippen LogP contribution >= 0.6 is 11.3 Å². The van der Waals surface area contributed by atoms with Crippen molar-refractivity contribution in [1.82, 2.24) is 9.88 Å². The quantitative estimate of drug-likeness (QED) is 0.786. The Morgan fingerprint density at radius 1 is 1.42 bits per heavy atom. The fraction of sp³-hybridized carbons (Fsp3) is 0.615. The maximum absolute atomic E-state index is 12.2. The van der Waals surface area contributed by atoms with Gasteiger partial charge >= 0.3 is 11.8 Å². The molecule has 3 fully saturated rings. The molecule has 0 unspecified atom stereocenters. The smallest absolute Gasteiger partial charge is 0.314 e. The third-order valence-electron chi connectivity index (χ3n) is 4.68. The fourth-order valence-corrected chi connectivity index (χ4v) is 4.46. The first kappa shape index (κ1) is 11.4. The minimum atomic E-state index is -0.520. The second kappa shape index (κ2) is 3.79. The summed E-state index contributed by atoms with van der Waals surface area (Å²) in [5, 5.41) is 4.17. The minimum absolute atomic E-state index is 0.330. The van der Waals surface area contributed by atoms with E-state index < -0.39 is 5.91 Å². The lowest BCUT2D eigenvalue weighted by molar-refractivity contribution is -0.144. The molecule has 1 aromatic heterocycles. The molecule has 4 atom stereocenters. The number of nitrogens with zero attached hydrogens (tertiary/aromatic N) is 2. The zero-order chi connectivity index (χ0) is 13.1. The zero-order valence-electron chi connectivity index (χ0n) is 10.6. The standard InChI is InChI=1S/C13H15N3O2S/c1-6-14-4-11(19-6)15-12(17)13(18)16-5-7-2-10(16)9-3-8(7)9/h4,7-10H,2-3,5H2,1H3,(H,15,17)/t7-,8-,9-,10-/m0/s1. The van der Waals surface area contributed by atoms with Crippen LogP contribution in [0, 0.1) is 24.7 Å². The number of likely N-dealkylation sites (tertiary alicyclic amines) is 1. The molecule has 3 aliphatic rings. The molecule has 0 spiro atoms. The number of piperidine rings is 1. The SMILES string of the molecule is Cc1ncc(NC(=O)C(=O)N2C[C@@H]3C[C@H]2[C@H]2C[C@@H]32)s1. The highest BCUT2D eigenvalue weighted by molar-refractivity contribution is 7.15. The molecule has 1 aliphatic heterocycles. The summed E-state index contributed by atoms with van der Waals surface area (Å²) in [5.41, 5.74) is 0. The van der Waals surface area contributed by atoms with Crippen LogP contribution in [0.5, 0.6) is 0 Å². The van der Waals surface area contributed by atoms with Crippen molar-refractivity contribution in [2.45, 2.75) is 25.8 Å². The summed E-state index contributed by atoms with van der Waals surface area (Å²) < 4.78 is 0. The van der Waals surface area contributed by atoms with E-state index >= 15 is 0 Å². The average molecular weight is 277 g/mol. The molecular formula is C13H15N3O2S. The van der Waals surface area contributed by atoms with E-state index in [0.29, 0.717) is 22.9 Å². The Morgan fingerprint density at radius 3 is 2.89 bits per heavy atom. The van der Waals surface area contributed by atoms with Gasteiger partial charge in [-0.05, 0) is 37.5 Å². The Hall–Kier alpha value is -1.43. The minimum Gasteiger partial charge on any atom is -0.331 e. The van der Waals surface area contributed by atoms with Gasteiger partial charge < -0.3 is 10.2 Å². The van der Waals surface area contributed by atoms with Crippen LogP contribution in [0.15, 0.2) is 6.20 Å². The summed E-state index contributed by atoms with van der Waals surface area (Å²) in [5.74, 6) is 1.29. The number of thiazole rings is 1. The molecule has 1 aromatic rings. The van der Waals surface area contributed by atoms with Crippen LogP contribution in [0.1, 0.15) is 17.8 Å². The highest BCUT2D eigenvalue weighted by atomic mass is 32.1. The van der Waals surface area contributed by atoms with Crippen LogP contribution in [0.2, 0.25) is 0 Å². The number of anilines is 1. The zero-order valence-corrected chi connectivity index (χ0v) is 11.4. The molecule has 6 heteroatoms. The summed E-state index contributed by atoms with van der Waals surface area (Å²) in [6, 6.07) is 0.330. The van der Waals surface area contributed by atoms with E-state index in [1.165, 1.54) is 17.8 Å². The van der Waals surface area contributed by atoms with Crippen LogP contribution in [-0.2, 0) is 9.59 Å². The molecule has 2 bridgehead atoms. The molecule has 2 aliphatic carbocycles. The van der Waals surface area contributed by atoms with Crippen molar-refractivity contribution in [2.24, 2.45) is 17.8 Å². The lowest BCUT2D eigenvalue weighted by Gasteiger charge is -2.25. The predicted molar refractivity (Wildman–Crippen MR) is 70.7 cm³/mol. The van der Waals surface area contributed by atoms with Gasteiger partial charge in [0.25, 0.3) is 0 Å². The van der Waals surface area contributed by atoms with Crippen molar-refractivity contribution in [1.29, 1.82) is 0 Å². The Labute approximate surface area is 115 Å². The van der Waals surface area contributed by atoms with Gasteiger partial charge in [-0.1, -0.05) is 0 Å². The van der Waals surface area contributed by atoms with Crippen molar-refractivity contribution in [3.63, 3.8) is 0 Å². The van der Waals surface area contributed by atoms with Gasteiger partial charge in [-0.15, -0.1) is 11.3 Å². The number of aromatic nitrogens is 1. The number of fused-ring (bicyclic) bond motifs is 5. The summed E-state index contributed by atoms with van der Waals surface area (Å²) in [7, 11) is 0. The Bertz CT molecular complexity index is 570. The maximum atomic E-state index is 12.2. The van der Waals surface area contributed by atoms with E-state index in [-0.39, 0.29) is 5.91 Å². The molecule has 0 radical (unpaired) electrons. The molecule has 1 N–H and O–H groups in total. The Morgan fingerprint density at radius 2 is 2.26 bits per heavy atom.